The highest BCUT2D eigenvalue weighted by atomic mass is 35.5. The van der Waals surface area contributed by atoms with Crippen LogP contribution < -0.4 is 10.2 Å². The van der Waals surface area contributed by atoms with Crippen molar-refractivity contribution in [1.29, 1.82) is 0 Å². The minimum Gasteiger partial charge on any atom is -0.373 e. The molecule has 0 bridgehead atoms. The van der Waals surface area contributed by atoms with E-state index in [4.69, 9.17) is 11.6 Å². The Balaban J connectivity index is 1.85. The Morgan fingerprint density at radius 3 is 2.71 bits per heavy atom. The molecule has 0 spiro atoms. The summed E-state index contributed by atoms with van der Waals surface area (Å²) in [6.07, 6.45) is 2.13. The molecule has 0 saturated carbocycles. The second kappa shape index (κ2) is 6.87. The molecule has 3 rings (SSSR count). The topological polar surface area (TPSA) is 49.4 Å². The predicted octanol–water partition coefficient (Wildman–Crippen LogP) is 4.11. The molecule has 0 aliphatic carbocycles. The lowest BCUT2D eigenvalue weighted by Crippen LogP contribution is -2.35. The quantitative estimate of drug-likeness (QED) is 0.658. The third-order valence-electron chi connectivity index (χ3n) is 4.04. The molecule has 0 aromatic heterocycles. The molecule has 4 nitrogen and oxygen atoms in total. The van der Waals surface area contributed by atoms with Gasteiger partial charge in [0.1, 0.15) is 6.04 Å². The first-order chi connectivity index (χ1) is 11.5. The number of rotatable bonds is 4. The van der Waals surface area contributed by atoms with Gasteiger partial charge < -0.3 is 5.32 Å². The van der Waals surface area contributed by atoms with E-state index in [0.717, 1.165) is 16.1 Å². The number of nitrogens with one attached hydrogen (secondary N) is 1. The minimum absolute atomic E-state index is 0.133. The SMILES string of the molecule is CSc1cccc(N[C@H]2CC(=O)N(c3cccc(Cl)c3C)C2=O)c1. The van der Waals surface area contributed by atoms with Crippen LogP contribution in [-0.4, -0.2) is 24.1 Å². The van der Waals surface area contributed by atoms with Crippen molar-refractivity contribution in [2.24, 2.45) is 0 Å². The highest BCUT2D eigenvalue weighted by Crippen LogP contribution is 2.31. The molecule has 2 amide bonds. The Morgan fingerprint density at radius 1 is 1.21 bits per heavy atom. The molecular weight excluding hydrogens is 344 g/mol. The average molecular weight is 361 g/mol. The zero-order chi connectivity index (χ0) is 17.3. The minimum atomic E-state index is -0.562. The van der Waals surface area contributed by atoms with Gasteiger partial charge >= 0.3 is 0 Å². The molecule has 6 heteroatoms. The largest absolute Gasteiger partial charge is 0.373 e. The summed E-state index contributed by atoms with van der Waals surface area (Å²) in [5.74, 6) is -0.469. The molecule has 1 atom stereocenters. The molecule has 1 heterocycles. The maximum atomic E-state index is 12.7. The summed E-state index contributed by atoms with van der Waals surface area (Å²) >= 11 is 7.75. The molecular formula is C18H17ClN2O2S. The second-order valence-corrected chi connectivity index (χ2v) is 6.87. The molecule has 1 fully saturated rings. The maximum absolute atomic E-state index is 12.7. The molecule has 124 valence electrons. The normalized spacial score (nSPS) is 17.5. The summed E-state index contributed by atoms with van der Waals surface area (Å²) in [6, 6.07) is 12.5. The van der Waals surface area contributed by atoms with Crippen molar-refractivity contribution >= 4 is 46.6 Å². The van der Waals surface area contributed by atoms with Gasteiger partial charge in [0.05, 0.1) is 12.1 Å². The standard InChI is InChI=1S/C18H17ClN2O2S/c1-11-14(19)7-4-8-16(11)21-17(22)10-15(18(21)23)20-12-5-3-6-13(9-12)24-2/h3-9,15,20H,10H2,1-2H3/t15-/m0/s1. The summed E-state index contributed by atoms with van der Waals surface area (Å²) in [5.41, 5.74) is 2.11. The first kappa shape index (κ1) is 16.9. The summed E-state index contributed by atoms with van der Waals surface area (Å²) in [7, 11) is 0. The van der Waals surface area contributed by atoms with Gasteiger partial charge in [-0.2, -0.15) is 0 Å². The smallest absolute Gasteiger partial charge is 0.256 e. The van der Waals surface area contributed by atoms with E-state index in [1.807, 2.05) is 30.5 Å². The van der Waals surface area contributed by atoms with Crippen molar-refractivity contribution in [2.45, 2.75) is 24.3 Å². The molecule has 0 unspecified atom stereocenters. The first-order valence-electron chi connectivity index (χ1n) is 7.53. The lowest BCUT2D eigenvalue weighted by atomic mass is 10.2. The van der Waals surface area contributed by atoms with Crippen LogP contribution in [0.3, 0.4) is 0 Å². The Kier molecular flexibility index (Phi) is 4.83. The fourth-order valence-electron chi connectivity index (χ4n) is 2.75. The molecule has 24 heavy (non-hydrogen) atoms. The van der Waals surface area contributed by atoms with Crippen molar-refractivity contribution in [3.05, 3.63) is 53.1 Å². The van der Waals surface area contributed by atoms with E-state index in [1.54, 1.807) is 36.9 Å². The summed E-state index contributed by atoms with van der Waals surface area (Å²) in [5, 5.41) is 3.71. The van der Waals surface area contributed by atoms with E-state index in [1.165, 1.54) is 4.90 Å². The van der Waals surface area contributed by atoms with Crippen LogP contribution in [0.2, 0.25) is 5.02 Å². The maximum Gasteiger partial charge on any atom is 0.256 e. The Hall–Kier alpha value is -1.98. The van der Waals surface area contributed by atoms with Gasteiger partial charge in [0.25, 0.3) is 5.91 Å². The lowest BCUT2D eigenvalue weighted by molar-refractivity contribution is -0.121. The van der Waals surface area contributed by atoms with Crippen molar-refractivity contribution in [1.82, 2.24) is 0 Å². The number of carbonyl (C=O) groups is 2. The van der Waals surface area contributed by atoms with Crippen LogP contribution in [-0.2, 0) is 9.59 Å². The van der Waals surface area contributed by atoms with Crippen LogP contribution >= 0.6 is 23.4 Å². The van der Waals surface area contributed by atoms with E-state index in [9.17, 15) is 9.59 Å². The number of amides is 2. The van der Waals surface area contributed by atoms with Crippen molar-refractivity contribution < 1.29 is 9.59 Å². The molecule has 1 N–H and O–H groups in total. The number of halogens is 1. The van der Waals surface area contributed by atoms with Gasteiger partial charge in [-0.25, -0.2) is 4.90 Å². The van der Waals surface area contributed by atoms with Crippen molar-refractivity contribution in [3.63, 3.8) is 0 Å². The molecule has 1 aliphatic heterocycles. The van der Waals surface area contributed by atoms with Gasteiger partial charge in [-0.15, -0.1) is 11.8 Å². The van der Waals surface area contributed by atoms with Gasteiger partial charge in [0.2, 0.25) is 5.91 Å². The summed E-state index contributed by atoms with van der Waals surface area (Å²) < 4.78 is 0. The van der Waals surface area contributed by atoms with Crippen LogP contribution in [0.4, 0.5) is 11.4 Å². The number of carbonyl (C=O) groups excluding carboxylic acids is 2. The highest BCUT2D eigenvalue weighted by Gasteiger charge is 2.40. The predicted molar refractivity (Wildman–Crippen MR) is 98.9 cm³/mol. The van der Waals surface area contributed by atoms with Crippen molar-refractivity contribution in [2.75, 3.05) is 16.5 Å². The van der Waals surface area contributed by atoms with Gasteiger partial charge in [-0.05, 0) is 49.1 Å². The lowest BCUT2D eigenvalue weighted by Gasteiger charge is -2.18. The van der Waals surface area contributed by atoms with Gasteiger partial charge in [-0.1, -0.05) is 23.7 Å². The number of anilines is 2. The average Bonchev–Trinajstić information content (AvgIpc) is 2.84. The Bertz CT molecular complexity index is 809. The third-order valence-corrected chi connectivity index (χ3v) is 5.17. The Morgan fingerprint density at radius 2 is 1.96 bits per heavy atom. The zero-order valence-corrected chi connectivity index (χ0v) is 14.9. The number of nitrogens with zero attached hydrogens (tertiary/aromatic N) is 1. The van der Waals surface area contributed by atoms with E-state index in [2.05, 4.69) is 5.32 Å². The number of hydrogen-bond donors (Lipinski definition) is 1. The van der Waals surface area contributed by atoms with Crippen LogP contribution in [0, 0.1) is 6.92 Å². The first-order valence-corrected chi connectivity index (χ1v) is 9.14. The van der Waals surface area contributed by atoms with E-state index in [0.29, 0.717) is 10.7 Å². The third kappa shape index (κ3) is 3.14. The van der Waals surface area contributed by atoms with Gasteiger partial charge in [0, 0.05) is 15.6 Å². The van der Waals surface area contributed by atoms with Crippen molar-refractivity contribution in [3.8, 4) is 0 Å². The molecule has 1 saturated heterocycles. The molecule has 1 aliphatic rings. The van der Waals surface area contributed by atoms with E-state index < -0.39 is 6.04 Å². The van der Waals surface area contributed by atoms with E-state index >= 15 is 0 Å². The molecule has 0 radical (unpaired) electrons. The highest BCUT2D eigenvalue weighted by molar-refractivity contribution is 7.98. The zero-order valence-electron chi connectivity index (χ0n) is 13.4. The van der Waals surface area contributed by atoms with Crippen LogP contribution in [0.15, 0.2) is 47.4 Å². The number of thioether (sulfide) groups is 1. The number of hydrogen-bond acceptors (Lipinski definition) is 4. The fraction of sp³-hybridized carbons (Fsp3) is 0.222. The van der Waals surface area contributed by atoms with Gasteiger partial charge in [-0.3, -0.25) is 9.59 Å². The monoisotopic (exact) mass is 360 g/mol. The summed E-state index contributed by atoms with van der Waals surface area (Å²) in [6.45, 7) is 1.81. The number of benzene rings is 2. The number of imide groups is 1. The molecule has 2 aromatic rings. The second-order valence-electron chi connectivity index (χ2n) is 5.58. The van der Waals surface area contributed by atoms with Crippen LogP contribution in [0.25, 0.3) is 0 Å². The fourth-order valence-corrected chi connectivity index (χ4v) is 3.38. The Labute approximate surface area is 150 Å². The van der Waals surface area contributed by atoms with E-state index in [-0.39, 0.29) is 18.2 Å². The van der Waals surface area contributed by atoms with Crippen LogP contribution in [0.5, 0.6) is 0 Å². The van der Waals surface area contributed by atoms with Gasteiger partial charge in [0.15, 0.2) is 0 Å². The summed E-state index contributed by atoms with van der Waals surface area (Å²) in [4.78, 5) is 27.5. The molecule has 2 aromatic carbocycles. The van der Waals surface area contributed by atoms with Crippen LogP contribution in [0.1, 0.15) is 12.0 Å².